The van der Waals surface area contributed by atoms with Crippen molar-refractivity contribution in [3.05, 3.63) is 29.8 Å². The van der Waals surface area contributed by atoms with Crippen molar-refractivity contribution in [2.75, 3.05) is 0 Å². The van der Waals surface area contributed by atoms with Gasteiger partial charge >= 0.3 is 0 Å². The summed E-state index contributed by atoms with van der Waals surface area (Å²) in [5.74, 6) is 0.925. The third kappa shape index (κ3) is 3.48. The van der Waals surface area contributed by atoms with Crippen molar-refractivity contribution in [1.82, 2.24) is 0 Å². The Hall–Kier alpha value is -0.540. The van der Waals surface area contributed by atoms with Gasteiger partial charge in [0.25, 0.3) is 0 Å². The van der Waals surface area contributed by atoms with Crippen LogP contribution in [-0.4, -0.2) is 18.3 Å². The molecule has 1 aromatic rings. The van der Waals surface area contributed by atoms with E-state index >= 15 is 0 Å². The summed E-state index contributed by atoms with van der Waals surface area (Å²) in [5, 5.41) is 0. The molecular formula is C15H21BrO2. The molecule has 2 nitrogen and oxygen atoms in total. The number of rotatable bonds is 4. The van der Waals surface area contributed by atoms with Gasteiger partial charge in [-0.3, -0.25) is 0 Å². The number of alkyl halides is 1. The Morgan fingerprint density at radius 3 is 2.39 bits per heavy atom. The fraction of sp³-hybridized carbons (Fsp3) is 0.600. The maximum atomic E-state index is 5.89. The summed E-state index contributed by atoms with van der Waals surface area (Å²) in [4.78, 5) is 0.274. The van der Waals surface area contributed by atoms with Crippen molar-refractivity contribution in [2.45, 2.75) is 56.8 Å². The Morgan fingerprint density at radius 1 is 1.22 bits per heavy atom. The summed E-state index contributed by atoms with van der Waals surface area (Å²) < 4.78 is 11.5. The zero-order valence-corrected chi connectivity index (χ0v) is 12.8. The van der Waals surface area contributed by atoms with E-state index in [2.05, 4.69) is 35.0 Å². The molecule has 2 rings (SSSR count). The molecule has 0 bridgehead atoms. The number of hydrogen-bond donors (Lipinski definition) is 0. The van der Waals surface area contributed by atoms with Crippen LogP contribution in [0.1, 0.15) is 44.0 Å². The second-order valence-electron chi connectivity index (χ2n) is 5.20. The Labute approximate surface area is 118 Å². The molecule has 3 atom stereocenters. The first-order valence-corrected chi connectivity index (χ1v) is 7.54. The van der Waals surface area contributed by atoms with Gasteiger partial charge in [-0.05, 0) is 51.3 Å². The average Bonchev–Trinajstić information content (AvgIpc) is 2.75. The Balaban J connectivity index is 2.00. The lowest BCUT2D eigenvalue weighted by Gasteiger charge is -2.19. The van der Waals surface area contributed by atoms with Crippen LogP contribution < -0.4 is 4.74 Å². The third-order valence-electron chi connectivity index (χ3n) is 3.16. The molecule has 1 aliphatic rings. The molecule has 1 heterocycles. The van der Waals surface area contributed by atoms with E-state index in [0.29, 0.717) is 6.10 Å². The second kappa shape index (κ2) is 6.07. The lowest BCUT2D eigenvalue weighted by Crippen LogP contribution is -2.14. The van der Waals surface area contributed by atoms with Gasteiger partial charge in [0.05, 0.1) is 23.1 Å². The summed E-state index contributed by atoms with van der Waals surface area (Å²) in [7, 11) is 0. The highest BCUT2D eigenvalue weighted by atomic mass is 79.9. The molecule has 3 heteroatoms. The molecule has 0 aromatic heterocycles. The van der Waals surface area contributed by atoms with Crippen LogP contribution in [0.3, 0.4) is 0 Å². The van der Waals surface area contributed by atoms with Gasteiger partial charge in [-0.25, -0.2) is 0 Å². The minimum Gasteiger partial charge on any atom is -0.491 e. The zero-order chi connectivity index (χ0) is 13.1. The highest BCUT2D eigenvalue weighted by Gasteiger charge is 2.28. The summed E-state index contributed by atoms with van der Waals surface area (Å²) in [6, 6.07) is 8.29. The van der Waals surface area contributed by atoms with Crippen LogP contribution in [0.15, 0.2) is 24.3 Å². The van der Waals surface area contributed by atoms with Crippen molar-refractivity contribution < 1.29 is 9.47 Å². The zero-order valence-electron chi connectivity index (χ0n) is 11.2. The Kier molecular flexibility index (Phi) is 4.68. The van der Waals surface area contributed by atoms with E-state index in [1.54, 1.807) is 0 Å². The molecule has 0 saturated carbocycles. The molecule has 1 aromatic carbocycles. The normalized spacial score (nSPS) is 25.4. The molecular weight excluding hydrogens is 292 g/mol. The summed E-state index contributed by atoms with van der Waals surface area (Å²) in [5.41, 5.74) is 1.25. The van der Waals surface area contributed by atoms with Crippen molar-refractivity contribution >= 4 is 15.9 Å². The SMILES string of the molecule is CC(C)Oc1ccc(C(Br)C2CCC(C)O2)cc1. The molecule has 3 unspecified atom stereocenters. The van der Waals surface area contributed by atoms with Crippen LogP contribution in [0.25, 0.3) is 0 Å². The number of hydrogen-bond acceptors (Lipinski definition) is 2. The van der Waals surface area contributed by atoms with Crippen LogP contribution in [0.4, 0.5) is 0 Å². The van der Waals surface area contributed by atoms with Gasteiger partial charge in [-0.2, -0.15) is 0 Å². The van der Waals surface area contributed by atoms with Gasteiger partial charge in [0.2, 0.25) is 0 Å². The highest BCUT2D eigenvalue weighted by Crippen LogP contribution is 2.36. The van der Waals surface area contributed by atoms with E-state index in [0.717, 1.165) is 18.6 Å². The van der Waals surface area contributed by atoms with Crippen LogP contribution in [-0.2, 0) is 4.74 Å². The predicted octanol–water partition coefficient (Wildman–Crippen LogP) is 4.48. The second-order valence-corrected chi connectivity index (χ2v) is 6.19. The van der Waals surface area contributed by atoms with E-state index in [-0.39, 0.29) is 17.0 Å². The lowest BCUT2D eigenvalue weighted by atomic mass is 10.1. The quantitative estimate of drug-likeness (QED) is 0.763. The number of benzene rings is 1. The Morgan fingerprint density at radius 2 is 1.89 bits per heavy atom. The number of halogens is 1. The van der Waals surface area contributed by atoms with Crippen LogP contribution in [0.5, 0.6) is 5.75 Å². The molecule has 100 valence electrons. The molecule has 18 heavy (non-hydrogen) atoms. The van der Waals surface area contributed by atoms with Gasteiger partial charge in [-0.15, -0.1) is 0 Å². The molecule has 1 fully saturated rings. The van der Waals surface area contributed by atoms with E-state index < -0.39 is 0 Å². The number of ether oxygens (including phenoxy) is 2. The highest BCUT2D eigenvalue weighted by molar-refractivity contribution is 9.09. The molecule has 0 spiro atoms. The minimum absolute atomic E-state index is 0.217. The van der Waals surface area contributed by atoms with Gasteiger partial charge in [0, 0.05) is 0 Å². The maximum absolute atomic E-state index is 5.89. The molecule has 0 N–H and O–H groups in total. The van der Waals surface area contributed by atoms with Gasteiger partial charge in [-0.1, -0.05) is 28.1 Å². The topological polar surface area (TPSA) is 18.5 Å². The van der Waals surface area contributed by atoms with E-state index in [1.165, 1.54) is 5.56 Å². The molecule has 0 aliphatic carbocycles. The van der Waals surface area contributed by atoms with Crippen molar-refractivity contribution in [1.29, 1.82) is 0 Å². The molecule has 1 aliphatic heterocycles. The van der Waals surface area contributed by atoms with Crippen molar-refractivity contribution in [3.8, 4) is 5.75 Å². The van der Waals surface area contributed by atoms with Gasteiger partial charge < -0.3 is 9.47 Å². The first kappa shape index (κ1) is 13.9. The molecule has 1 saturated heterocycles. The van der Waals surface area contributed by atoms with Gasteiger partial charge in [0.1, 0.15) is 5.75 Å². The van der Waals surface area contributed by atoms with Crippen LogP contribution in [0, 0.1) is 0 Å². The standard InChI is InChI=1S/C15H21BrO2/c1-10(2)17-13-7-5-12(6-8-13)15(16)14-9-4-11(3)18-14/h5-8,10-11,14-15H,4,9H2,1-3H3. The van der Waals surface area contributed by atoms with E-state index in [9.17, 15) is 0 Å². The van der Waals surface area contributed by atoms with Crippen LogP contribution >= 0.6 is 15.9 Å². The fourth-order valence-electron chi connectivity index (χ4n) is 2.27. The largest absolute Gasteiger partial charge is 0.491 e. The first-order valence-electron chi connectivity index (χ1n) is 6.62. The van der Waals surface area contributed by atoms with Crippen molar-refractivity contribution in [2.24, 2.45) is 0 Å². The van der Waals surface area contributed by atoms with E-state index in [1.807, 2.05) is 26.0 Å². The molecule has 0 amide bonds. The minimum atomic E-state index is 0.217. The van der Waals surface area contributed by atoms with E-state index in [4.69, 9.17) is 9.47 Å². The summed E-state index contributed by atoms with van der Waals surface area (Å²) in [6.45, 7) is 6.21. The monoisotopic (exact) mass is 312 g/mol. The fourth-order valence-corrected chi connectivity index (χ4v) is 2.96. The third-order valence-corrected chi connectivity index (χ3v) is 4.28. The first-order chi connectivity index (χ1) is 8.56. The Bertz CT molecular complexity index is 375. The predicted molar refractivity (Wildman–Crippen MR) is 77.4 cm³/mol. The molecule has 0 radical (unpaired) electrons. The average molecular weight is 313 g/mol. The maximum Gasteiger partial charge on any atom is 0.119 e. The lowest BCUT2D eigenvalue weighted by molar-refractivity contribution is 0.0556. The summed E-state index contributed by atoms with van der Waals surface area (Å²) in [6.07, 6.45) is 3.17. The summed E-state index contributed by atoms with van der Waals surface area (Å²) >= 11 is 3.75. The van der Waals surface area contributed by atoms with Crippen LogP contribution in [0.2, 0.25) is 0 Å². The van der Waals surface area contributed by atoms with Crippen molar-refractivity contribution in [3.63, 3.8) is 0 Å². The van der Waals surface area contributed by atoms with Gasteiger partial charge in [0.15, 0.2) is 0 Å². The smallest absolute Gasteiger partial charge is 0.119 e.